The number of sulfonamides is 1. The van der Waals surface area contributed by atoms with Crippen LogP contribution in [-0.4, -0.2) is 26.6 Å². The van der Waals surface area contributed by atoms with Gasteiger partial charge < -0.3 is 10.2 Å². The maximum absolute atomic E-state index is 12.0. The fraction of sp³-hybridized carbons (Fsp3) is 0.278. The monoisotopic (exact) mass is 375 g/mol. The van der Waals surface area contributed by atoms with Gasteiger partial charge in [-0.05, 0) is 61.0 Å². The zero-order valence-electron chi connectivity index (χ0n) is 14.0. The van der Waals surface area contributed by atoms with Gasteiger partial charge in [-0.1, -0.05) is 25.1 Å². The van der Waals surface area contributed by atoms with Crippen LogP contribution in [0.4, 0.5) is 11.4 Å². The third-order valence-corrected chi connectivity index (χ3v) is 5.99. The molecule has 0 radical (unpaired) electrons. The van der Waals surface area contributed by atoms with E-state index in [1.807, 2.05) is 12.1 Å². The van der Waals surface area contributed by atoms with E-state index < -0.39 is 10.0 Å². The molecule has 2 N–H and O–H groups in total. The number of nitrogens with zero attached hydrogens (tertiary/aromatic N) is 1. The lowest BCUT2D eigenvalue weighted by Gasteiger charge is -2.31. The first-order valence-electron chi connectivity index (χ1n) is 8.27. The number of anilines is 2. The van der Waals surface area contributed by atoms with Gasteiger partial charge in [-0.25, -0.2) is 13.1 Å². The van der Waals surface area contributed by atoms with Gasteiger partial charge in [0.15, 0.2) is 5.11 Å². The summed E-state index contributed by atoms with van der Waals surface area (Å²) in [5.41, 5.74) is 3.20. The maximum Gasteiger partial charge on any atom is 0.240 e. The van der Waals surface area contributed by atoms with E-state index in [4.69, 9.17) is 12.2 Å². The van der Waals surface area contributed by atoms with Crippen molar-refractivity contribution in [2.45, 2.75) is 24.7 Å². The SMILES string of the molecule is CCNS(=O)(=O)c1ccc(NC(=S)N2CCCc3ccccc32)cc1. The van der Waals surface area contributed by atoms with Crippen LogP contribution in [0.3, 0.4) is 0 Å². The number of benzene rings is 2. The van der Waals surface area contributed by atoms with Crippen molar-refractivity contribution in [1.82, 2.24) is 4.72 Å². The normalized spacial score (nSPS) is 14.0. The standard InChI is InChI=1S/C18H21N3O2S2/c1-2-19-25(22,23)16-11-9-15(10-12-16)20-18(24)21-13-5-7-14-6-3-4-8-17(14)21/h3-4,6,8-12,19H,2,5,7,13H2,1H3,(H,20,24). The molecule has 0 amide bonds. The van der Waals surface area contributed by atoms with Gasteiger partial charge in [0, 0.05) is 24.5 Å². The van der Waals surface area contributed by atoms with Crippen LogP contribution in [0.15, 0.2) is 53.4 Å². The smallest absolute Gasteiger partial charge is 0.240 e. The number of aryl methyl sites for hydroxylation is 1. The average Bonchev–Trinajstić information content (AvgIpc) is 2.61. The largest absolute Gasteiger partial charge is 0.332 e. The highest BCUT2D eigenvalue weighted by atomic mass is 32.2. The number of hydrogen-bond acceptors (Lipinski definition) is 3. The van der Waals surface area contributed by atoms with Crippen LogP contribution in [-0.2, 0) is 16.4 Å². The first kappa shape index (κ1) is 17.8. The topological polar surface area (TPSA) is 61.4 Å². The van der Waals surface area contributed by atoms with Gasteiger partial charge in [-0.3, -0.25) is 0 Å². The minimum absolute atomic E-state index is 0.245. The second kappa shape index (κ2) is 7.51. The molecule has 25 heavy (non-hydrogen) atoms. The number of rotatable bonds is 4. The van der Waals surface area contributed by atoms with Gasteiger partial charge >= 0.3 is 0 Å². The minimum Gasteiger partial charge on any atom is -0.332 e. The molecule has 132 valence electrons. The van der Waals surface area contributed by atoms with Crippen LogP contribution in [0.1, 0.15) is 18.9 Å². The Morgan fingerprint density at radius 1 is 1.16 bits per heavy atom. The van der Waals surface area contributed by atoms with Crippen LogP contribution in [0.25, 0.3) is 0 Å². The summed E-state index contributed by atoms with van der Waals surface area (Å²) in [6.45, 7) is 2.99. The molecule has 0 fully saturated rings. The predicted molar refractivity (Wildman–Crippen MR) is 106 cm³/mol. The summed E-state index contributed by atoms with van der Waals surface area (Å²) >= 11 is 5.56. The average molecular weight is 376 g/mol. The van der Waals surface area contributed by atoms with Crippen molar-refractivity contribution in [2.75, 3.05) is 23.3 Å². The molecular weight excluding hydrogens is 354 g/mol. The lowest BCUT2D eigenvalue weighted by molar-refractivity contribution is 0.584. The summed E-state index contributed by atoms with van der Waals surface area (Å²) in [4.78, 5) is 2.34. The van der Waals surface area contributed by atoms with E-state index in [1.54, 1.807) is 31.2 Å². The molecule has 1 heterocycles. The number of para-hydroxylation sites is 1. The maximum atomic E-state index is 12.0. The Labute approximate surface area is 154 Å². The van der Waals surface area contributed by atoms with E-state index in [-0.39, 0.29) is 4.90 Å². The zero-order valence-corrected chi connectivity index (χ0v) is 15.7. The van der Waals surface area contributed by atoms with Crippen LogP contribution in [0.5, 0.6) is 0 Å². The van der Waals surface area contributed by atoms with Gasteiger partial charge in [0.1, 0.15) is 0 Å². The Morgan fingerprint density at radius 3 is 2.60 bits per heavy atom. The molecular formula is C18H21N3O2S2. The minimum atomic E-state index is -3.44. The van der Waals surface area contributed by atoms with Crippen molar-refractivity contribution < 1.29 is 8.42 Å². The molecule has 3 rings (SSSR count). The Bertz CT molecular complexity index is 864. The number of nitrogens with one attached hydrogen (secondary N) is 2. The Balaban J connectivity index is 1.74. The molecule has 0 bridgehead atoms. The number of thiocarbonyl (C=S) groups is 1. The first-order valence-corrected chi connectivity index (χ1v) is 10.2. The second-order valence-corrected chi connectivity index (χ2v) is 7.99. The third kappa shape index (κ3) is 4.00. The Hall–Kier alpha value is -1.96. The van der Waals surface area contributed by atoms with Gasteiger partial charge in [-0.15, -0.1) is 0 Å². The number of hydrogen-bond donors (Lipinski definition) is 2. The summed E-state index contributed by atoms with van der Waals surface area (Å²) in [5.74, 6) is 0. The zero-order chi connectivity index (χ0) is 17.9. The number of fused-ring (bicyclic) bond motifs is 1. The third-order valence-electron chi connectivity index (χ3n) is 4.11. The molecule has 2 aromatic rings. The van der Waals surface area contributed by atoms with Crippen molar-refractivity contribution in [3.63, 3.8) is 0 Å². The highest BCUT2D eigenvalue weighted by Crippen LogP contribution is 2.27. The van der Waals surface area contributed by atoms with Gasteiger partial charge in [0.2, 0.25) is 10.0 Å². The lowest BCUT2D eigenvalue weighted by Crippen LogP contribution is -2.38. The second-order valence-electron chi connectivity index (χ2n) is 5.84. The molecule has 5 nitrogen and oxygen atoms in total. The molecule has 0 atom stereocenters. The van der Waals surface area contributed by atoms with Crippen molar-refractivity contribution in [3.05, 3.63) is 54.1 Å². The summed E-state index contributed by atoms with van der Waals surface area (Å²) < 4.78 is 26.4. The molecule has 0 aliphatic carbocycles. The predicted octanol–water partition coefficient (Wildman–Crippen LogP) is 3.13. The summed E-state index contributed by atoms with van der Waals surface area (Å²) in [5, 5.41) is 3.83. The van der Waals surface area contributed by atoms with E-state index in [0.717, 1.165) is 30.8 Å². The van der Waals surface area contributed by atoms with Crippen LogP contribution >= 0.6 is 12.2 Å². The van der Waals surface area contributed by atoms with Gasteiger partial charge in [0.05, 0.1) is 4.90 Å². The van der Waals surface area contributed by atoms with Crippen molar-refractivity contribution in [3.8, 4) is 0 Å². The molecule has 0 saturated heterocycles. The van der Waals surface area contributed by atoms with Crippen LogP contribution in [0.2, 0.25) is 0 Å². The summed E-state index contributed by atoms with van der Waals surface area (Å²) in [6.07, 6.45) is 2.12. The fourth-order valence-corrected chi connectivity index (χ4v) is 4.27. The fourth-order valence-electron chi connectivity index (χ4n) is 2.93. The summed E-state index contributed by atoms with van der Waals surface area (Å²) in [6, 6.07) is 14.9. The van der Waals surface area contributed by atoms with Crippen molar-refractivity contribution >= 4 is 38.7 Å². The quantitative estimate of drug-likeness (QED) is 0.804. The molecule has 1 aliphatic rings. The van der Waals surface area contributed by atoms with Gasteiger partial charge in [0.25, 0.3) is 0 Å². The highest BCUT2D eigenvalue weighted by molar-refractivity contribution is 7.89. The molecule has 2 aromatic carbocycles. The Morgan fingerprint density at radius 2 is 1.88 bits per heavy atom. The van der Waals surface area contributed by atoms with E-state index in [9.17, 15) is 8.42 Å². The lowest BCUT2D eigenvalue weighted by atomic mass is 10.0. The molecule has 0 aromatic heterocycles. The van der Waals surface area contributed by atoms with Gasteiger partial charge in [-0.2, -0.15) is 0 Å². The van der Waals surface area contributed by atoms with E-state index >= 15 is 0 Å². The van der Waals surface area contributed by atoms with Crippen LogP contribution < -0.4 is 14.9 Å². The molecule has 1 aliphatic heterocycles. The molecule has 0 saturated carbocycles. The van der Waals surface area contributed by atoms with Crippen molar-refractivity contribution in [2.24, 2.45) is 0 Å². The summed E-state index contributed by atoms with van der Waals surface area (Å²) in [7, 11) is -3.44. The van der Waals surface area contributed by atoms with E-state index in [2.05, 4.69) is 27.1 Å². The Kier molecular flexibility index (Phi) is 5.36. The van der Waals surface area contributed by atoms with Crippen LogP contribution in [0, 0.1) is 0 Å². The molecule has 7 heteroatoms. The first-order chi connectivity index (χ1) is 12.0. The van der Waals surface area contributed by atoms with E-state index in [1.165, 1.54) is 5.56 Å². The van der Waals surface area contributed by atoms with Crippen molar-refractivity contribution in [1.29, 1.82) is 0 Å². The molecule has 0 unspecified atom stereocenters. The molecule has 0 spiro atoms. The highest BCUT2D eigenvalue weighted by Gasteiger charge is 2.20. The van der Waals surface area contributed by atoms with E-state index in [0.29, 0.717) is 11.7 Å².